The summed E-state index contributed by atoms with van der Waals surface area (Å²) in [6, 6.07) is 22.5. The summed E-state index contributed by atoms with van der Waals surface area (Å²) in [4.78, 5) is 20.2. The third kappa shape index (κ3) is 5.84. The van der Waals surface area contributed by atoms with Crippen molar-refractivity contribution in [3.63, 3.8) is 0 Å². The Balaban J connectivity index is 1.08. The van der Waals surface area contributed by atoms with Crippen molar-refractivity contribution in [1.82, 2.24) is 9.80 Å². The first-order chi connectivity index (χ1) is 17.5. The highest BCUT2D eigenvalue weighted by Crippen LogP contribution is 2.28. The molecule has 2 heterocycles. The molecule has 5 heteroatoms. The van der Waals surface area contributed by atoms with Crippen molar-refractivity contribution in [3.8, 4) is 5.75 Å². The summed E-state index contributed by atoms with van der Waals surface area (Å²) in [6.07, 6.45) is 3.70. The number of hydrogen-bond donors (Lipinski definition) is 0. The van der Waals surface area contributed by atoms with Crippen LogP contribution in [0, 0.1) is 5.41 Å². The number of amides is 1. The Labute approximate surface area is 215 Å². The fraction of sp³-hybridized carbons (Fsp3) is 0.452. The maximum absolute atomic E-state index is 13.2. The molecule has 0 spiro atoms. The van der Waals surface area contributed by atoms with Crippen LogP contribution in [0.1, 0.15) is 43.5 Å². The van der Waals surface area contributed by atoms with Gasteiger partial charge >= 0.3 is 0 Å². The second-order valence-electron chi connectivity index (χ2n) is 11.0. The van der Waals surface area contributed by atoms with E-state index in [1.54, 1.807) is 0 Å². The molecule has 0 saturated carbocycles. The van der Waals surface area contributed by atoms with E-state index < -0.39 is 0 Å². The van der Waals surface area contributed by atoms with E-state index in [2.05, 4.69) is 60.0 Å². The molecule has 0 unspecified atom stereocenters. The molecular formula is C31H39N3O2. The fourth-order valence-electron chi connectivity index (χ4n) is 5.72. The SMILES string of the molecule is CC1(C)CCCN(CCCOc2ccc(N3CCN(C(=O)c4cccc5ccccc45)CC3)cc2)C1. The number of piperidine rings is 1. The number of nitrogens with zero attached hydrogens (tertiary/aromatic N) is 3. The van der Waals surface area contributed by atoms with Gasteiger partial charge < -0.3 is 19.4 Å². The molecule has 5 nitrogen and oxygen atoms in total. The largest absolute Gasteiger partial charge is 0.494 e. The third-order valence-electron chi connectivity index (χ3n) is 7.66. The Hall–Kier alpha value is -3.05. The number of fused-ring (bicyclic) bond motifs is 1. The van der Waals surface area contributed by atoms with Crippen molar-refractivity contribution in [2.45, 2.75) is 33.1 Å². The van der Waals surface area contributed by atoms with E-state index in [-0.39, 0.29) is 5.91 Å². The number of carbonyl (C=O) groups excluding carboxylic acids is 1. The van der Waals surface area contributed by atoms with Crippen LogP contribution in [0.3, 0.4) is 0 Å². The van der Waals surface area contributed by atoms with E-state index in [0.717, 1.165) is 67.8 Å². The van der Waals surface area contributed by atoms with E-state index >= 15 is 0 Å². The highest BCUT2D eigenvalue weighted by molar-refractivity contribution is 6.07. The monoisotopic (exact) mass is 485 g/mol. The highest BCUT2D eigenvalue weighted by Gasteiger charge is 2.26. The standard InChI is InChI=1S/C31H39N3O2/c1-31(2)16-6-17-32(24-31)18-7-23-36-27-14-12-26(13-15-27)33-19-21-34(22-20-33)30(35)29-11-5-9-25-8-3-4-10-28(25)29/h3-5,8-15H,6-7,16-24H2,1-2H3. The maximum Gasteiger partial charge on any atom is 0.254 e. The lowest BCUT2D eigenvalue weighted by Crippen LogP contribution is -2.48. The number of likely N-dealkylation sites (tertiary alicyclic amines) is 1. The molecule has 3 aromatic carbocycles. The number of carbonyl (C=O) groups is 1. The molecule has 0 aromatic heterocycles. The third-order valence-corrected chi connectivity index (χ3v) is 7.66. The van der Waals surface area contributed by atoms with Crippen LogP contribution in [0.5, 0.6) is 5.75 Å². The molecule has 5 rings (SSSR count). The first-order valence-electron chi connectivity index (χ1n) is 13.5. The fourth-order valence-corrected chi connectivity index (χ4v) is 5.72. The average molecular weight is 486 g/mol. The van der Waals surface area contributed by atoms with Gasteiger partial charge in [0.2, 0.25) is 0 Å². The maximum atomic E-state index is 13.2. The highest BCUT2D eigenvalue weighted by atomic mass is 16.5. The van der Waals surface area contributed by atoms with Gasteiger partial charge in [-0.2, -0.15) is 0 Å². The van der Waals surface area contributed by atoms with Crippen molar-refractivity contribution in [3.05, 3.63) is 72.3 Å². The molecule has 3 aromatic rings. The van der Waals surface area contributed by atoms with Crippen molar-refractivity contribution < 1.29 is 9.53 Å². The zero-order chi connectivity index (χ0) is 25.0. The molecule has 36 heavy (non-hydrogen) atoms. The van der Waals surface area contributed by atoms with Gasteiger partial charge in [-0.1, -0.05) is 50.2 Å². The summed E-state index contributed by atoms with van der Waals surface area (Å²) >= 11 is 0. The number of ether oxygens (including phenoxy) is 1. The van der Waals surface area contributed by atoms with E-state index in [0.29, 0.717) is 5.41 Å². The summed E-state index contributed by atoms with van der Waals surface area (Å²) in [5, 5.41) is 2.14. The lowest BCUT2D eigenvalue weighted by Gasteiger charge is -2.38. The molecule has 2 aliphatic rings. The van der Waals surface area contributed by atoms with Gasteiger partial charge in [-0.3, -0.25) is 4.79 Å². The summed E-state index contributed by atoms with van der Waals surface area (Å²) < 4.78 is 6.03. The van der Waals surface area contributed by atoms with Crippen LogP contribution in [0.2, 0.25) is 0 Å². The number of piperazine rings is 1. The lowest BCUT2D eigenvalue weighted by atomic mass is 9.84. The van der Waals surface area contributed by atoms with Crippen LogP contribution < -0.4 is 9.64 Å². The van der Waals surface area contributed by atoms with Crippen LogP contribution in [-0.2, 0) is 0 Å². The Morgan fingerprint density at radius 1 is 0.889 bits per heavy atom. The molecular weight excluding hydrogens is 446 g/mol. The Morgan fingerprint density at radius 3 is 2.42 bits per heavy atom. The van der Waals surface area contributed by atoms with Crippen LogP contribution in [-0.4, -0.2) is 68.1 Å². The van der Waals surface area contributed by atoms with E-state index in [4.69, 9.17) is 4.74 Å². The predicted molar refractivity (Wildman–Crippen MR) is 148 cm³/mol. The smallest absolute Gasteiger partial charge is 0.254 e. The minimum Gasteiger partial charge on any atom is -0.494 e. The van der Waals surface area contributed by atoms with Gasteiger partial charge in [-0.25, -0.2) is 0 Å². The molecule has 0 aliphatic carbocycles. The van der Waals surface area contributed by atoms with Gasteiger partial charge in [0, 0.05) is 50.5 Å². The van der Waals surface area contributed by atoms with Gasteiger partial charge in [0.05, 0.1) is 6.61 Å². The van der Waals surface area contributed by atoms with Gasteiger partial charge in [0.25, 0.3) is 5.91 Å². The Kier molecular flexibility index (Phi) is 7.47. The molecule has 0 bridgehead atoms. The molecule has 190 valence electrons. The van der Waals surface area contributed by atoms with Crippen LogP contribution in [0.25, 0.3) is 10.8 Å². The molecule has 2 aliphatic heterocycles. The summed E-state index contributed by atoms with van der Waals surface area (Å²) in [7, 11) is 0. The second kappa shape index (κ2) is 10.9. The summed E-state index contributed by atoms with van der Waals surface area (Å²) in [5.74, 6) is 1.06. The molecule has 1 amide bonds. The Bertz CT molecular complexity index is 1160. The predicted octanol–water partition coefficient (Wildman–Crippen LogP) is 5.69. The van der Waals surface area contributed by atoms with Gasteiger partial charge in [0.1, 0.15) is 5.75 Å². The minimum atomic E-state index is 0.128. The number of benzene rings is 3. The zero-order valence-corrected chi connectivity index (χ0v) is 21.8. The van der Waals surface area contributed by atoms with Crippen molar-refractivity contribution in [1.29, 1.82) is 0 Å². The minimum absolute atomic E-state index is 0.128. The average Bonchev–Trinajstić information content (AvgIpc) is 2.90. The van der Waals surface area contributed by atoms with Gasteiger partial charge in [0.15, 0.2) is 0 Å². The first kappa shape index (κ1) is 24.6. The summed E-state index contributed by atoms with van der Waals surface area (Å²) in [5.41, 5.74) is 2.44. The molecule has 0 atom stereocenters. The molecule has 0 radical (unpaired) electrons. The number of hydrogen-bond acceptors (Lipinski definition) is 4. The quantitative estimate of drug-likeness (QED) is 0.403. The normalized spacial score (nSPS) is 18.4. The molecule has 2 fully saturated rings. The van der Waals surface area contributed by atoms with E-state index in [9.17, 15) is 4.79 Å². The van der Waals surface area contributed by atoms with Crippen molar-refractivity contribution >= 4 is 22.4 Å². The van der Waals surface area contributed by atoms with Crippen molar-refractivity contribution in [2.75, 3.05) is 57.3 Å². The number of rotatable bonds is 7. The van der Waals surface area contributed by atoms with Gasteiger partial charge in [-0.15, -0.1) is 0 Å². The van der Waals surface area contributed by atoms with Gasteiger partial charge in [-0.05, 0) is 72.3 Å². The first-order valence-corrected chi connectivity index (χ1v) is 13.5. The van der Waals surface area contributed by atoms with Crippen LogP contribution >= 0.6 is 0 Å². The molecule has 2 saturated heterocycles. The topological polar surface area (TPSA) is 36.0 Å². The van der Waals surface area contributed by atoms with E-state index in [1.807, 2.05) is 35.2 Å². The zero-order valence-electron chi connectivity index (χ0n) is 21.8. The number of anilines is 1. The van der Waals surface area contributed by atoms with E-state index in [1.165, 1.54) is 31.6 Å². The lowest BCUT2D eigenvalue weighted by molar-refractivity contribution is 0.0749. The molecule has 0 N–H and O–H groups in total. The second-order valence-corrected chi connectivity index (χ2v) is 11.0. The van der Waals surface area contributed by atoms with Crippen LogP contribution in [0.4, 0.5) is 5.69 Å². The van der Waals surface area contributed by atoms with Crippen molar-refractivity contribution in [2.24, 2.45) is 5.41 Å². The van der Waals surface area contributed by atoms with Crippen LogP contribution in [0.15, 0.2) is 66.7 Å². The Morgan fingerprint density at radius 2 is 1.64 bits per heavy atom. The summed E-state index contributed by atoms with van der Waals surface area (Å²) in [6.45, 7) is 12.2.